The van der Waals surface area contributed by atoms with Crippen molar-refractivity contribution in [1.29, 1.82) is 0 Å². The summed E-state index contributed by atoms with van der Waals surface area (Å²) in [7, 11) is 0. The van der Waals surface area contributed by atoms with Crippen LogP contribution in [0.25, 0.3) is 22.2 Å². The zero-order chi connectivity index (χ0) is 29.8. The summed E-state index contributed by atoms with van der Waals surface area (Å²) in [6.45, 7) is 9.00. The molecular formula is C30H42N8O4. The summed E-state index contributed by atoms with van der Waals surface area (Å²) in [5, 5.41) is 31.9. The highest BCUT2D eigenvalue weighted by atomic mass is 16.6. The number of hydrogen-bond acceptors (Lipinski definition) is 10. The van der Waals surface area contributed by atoms with Crippen molar-refractivity contribution < 1.29 is 20.1 Å². The van der Waals surface area contributed by atoms with Crippen LogP contribution >= 0.6 is 0 Å². The standard InChI is InChI=1S/C30H42N8O4/c1-16(13-39)37(12-22-25(40)26(41)29(42-22)38-15-34-24-27(31)32-14-33-28(24)38)19-9-17(10-19)5-8-23-35-20-7-6-18(30(2,3)4)11-21(20)36-23/h6-7,11,14-17,19,22,25-26,29,39-41H,5,8-10,12-13H2,1-4H3,(H,35,36)(H2,31,32,33)/t16?,17?,19?,22-,25-,26-,29-/m1/s1. The Hall–Kier alpha value is -3.16. The van der Waals surface area contributed by atoms with Gasteiger partial charge >= 0.3 is 0 Å². The largest absolute Gasteiger partial charge is 0.395 e. The fraction of sp³-hybridized carbons (Fsp3) is 0.600. The van der Waals surface area contributed by atoms with Gasteiger partial charge in [0.2, 0.25) is 0 Å². The van der Waals surface area contributed by atoms with Crippen molar-refractivity contribution in [1.82, 2.24) is 34.4 Å². The quantitative estimate of drug-likeness (QED) is 0.198. The summed E-state index contributed by atoms with van der Waals surface area (Å²) in [4.78, 5) is 23.0. The molecule has 226 valence electrons. The fourth-order valence-electron chi connectivity index (χ4n) is 6.36. The Bertz CT molecular complexity index is 1540. The number of aromatic nitrogens is 6. The molecule has 3 aromatic heterocycles. The molecule has 2 fully saturated rings. The van der Waals surface area contributed by atoms with Crippen LogP contribution < -0.4 is 5.73 Å². The maximum atomic E-state index is 10.9. The number of nitrogens with one attached hydrogen (secondary N) is 1. The molecular weight excluding hydrogens is 536 g/mol. The number of hydrogen-bond donors (Lipinski definition) is 5. The highest BCUT2D eigenvalue weighted by molar-refractivity contribution is 5.81. The van der Waals surface area contributed by atoms with E-state index >= 15 is 0 Å². The van der Waals surface area contributed by atoms with E-state index in [-0.39, 0.29) is 29.9 Å². The minimum atomic E-state index is -1.17. The third-order valence-electron chi connectivity index (χ3n) is 9.09. The number of nitrogens with zero attached hydrogens (tertiary/aromatic N) is 6. The van der Waals surface area contributed by atoms with E-state index in [1.165, 1.54) is 18.2 Å². The Kier molecular flexibility index (Phi) is 7.69. The monoisotopic (exact) mass is 578 g/mol. The van der Waals surface area contributed by atoms with E-state index in [1.54, 1.807) is 4.57 Å². The van der Waals surface area contributed by atoms with Gasteiger partial charge in [0.15, 0.2) is 17.7 Å². The number of nitrogen functional groups attached to an aromatic ring is 1. The van der Waals surface area contributed by atoms with Gasteiger partial charge in [-0.1, -0.05) is 26.8 Å². The molecule has 6 rings (SSSR count). The van der Waals surface area contributed by atoms with Crippen molar-refractivity contribution in [3.8, 4) is 0 Å². The van der Waals surface area contributed by atoms with Gasteiger partial charge in [-0.05, 0) is 55.2 Å². The van der Waals surface area contributed by atoms with Crippen molar-refractivity contribution >= 4 is 28.0 Å². The van der Waals surface area contributed by atoms with Crippen LogP contribution in [0.15, 0.2) is 30.9 Å². The summed E-state index contributed by atoms with van der Waals surface area (Å²) in [6.07, 6.45) is 2.94. The molecule has 1 aliphatic carbocycles. The number of anilines is 1. The second-order valence-electron chi connectivity index (χ2n) is 13.1. The third-order valence-corrected chi connectivity index (χ3v) is 9.09. The molecule has 2 aliphatic rings. The Morgan fingerprint density at radius 2 is 1.95 bits per heavy atom. The first-order valence-electron chi connectivity index (χ1n) is 14.8. The minimum Gasteiger partial charge on any atom is -0.395 e. The molecule has 6 N–H and O–H groups in total. The molecule has 5 atom stereocenters. The Labute approximate surface area is 245 Å². The molecule has 0 spiro atoms. The topological polar surface area (TPSA) is 171 Å². The van der Waals surface area contributed by atoms with E-state index in [2.05, 4.69) is 63.8 Å². The van der Waals surface area contributed by atoms with Gasteiger partial charge in [0.1, 0.15) is 36.0 Å². The second-order valence-corrected chi connectivity index (χ2v) is 13.1. The van der Waals surface area contributed by atoms with Crippen molar-refractivity contribution in [2.45, 2.75) is 95.4 Å². The number of rotatable bonds is 9. The van der Waals surface area contributed by atoms with Gasteiger partial charge < -0.3 is 30.8 Å². The van der Waals surface area contributed by atoms with Crippen LogP contribution in [0.4, 0.5) is 5.82 Å². The van der Waals surface area contributed by atoms with Crippen LogP contribution in [0.2, 0.25) is 0 Å². The van der Waals surface area contributed by atoms with Gasteiger partial charge in [0, 0.05) is 25.0 Å². The molecule has 0 amide bonds. The zero-order valence-electron chi connectivity index (χ0n) is 24.7. The van der Waals surface area contributed by atoms with Gasteiger partial charge in [-0.25, -0.2) is 19.9 Å². The summed E-state index contributed by atoms with van der Waals surface area (Å²) < 4.78 is 7.78. The lowest BCUT2D eigenvalue weighted by Crippen LogP contribution is -2.54. The lowest BCUT2D eigenvalue weighted by molar-refractivity contribution is -0.0677. The van der Waals surface area contributed by atoms with Crippen LogP contribution in [-0.2, 0) is 16.6 Å². The number of nitrogens with two attached hydrogens (primary N) is 1. The maximum absolute atomic E-state index is 10.9. The first kappa shape index (κ1) is 28.9. The lowest BCUT2D eigenvalue weighted by Gasteiger charge is -2.46. The lowest BCUT2D eigenvalue weighted by atomic mass is 9.76. The van der Waals surface area contributed by atoms with Crippen molar-refractivity contribution in [2.75, 3.05) is 18.9 Å². The Balaban J connectivity index is 1.07. The number of aliphatic hydroxyl groups is 3. The molecule has 1 saturated carbocycles. The molecule has 4 aromatic rings. The third kappa shape index (κ3) is 5.37. The molecule has 1 aliphatic heterocycles. The van der Waals surface area contributed by atoms with E-state index in [0.717, 1.165) is 42.5 Å². The van der Waals surface area contributed by atoms with Crippen molar-refractivity contribution in [3.63, 3.8) is 0 Å². The number of aryl methyl sites for hydroxylation is 1. The van der Waals surface area contributed by atoms with Gasteiger partial charge in [-0.15, -0.1) is 0 Å². The van der Waals surface area contributed by atoms with Crippen molar-refractivity contribution in [3.05, 3.63) is 42.2 Å². The SMILES string of the molecule is CC(CO)N(C[C@H]1O[C@@H](n2cnc3c(N)ncnc32)[C@H](O)[C@@H]1O)C1CC(CCc2nc3ccc(C(C)(C)C)cc3[nH]2)C1. The molecule has 42 heavy (non-hydrogen) atoms. The Morgan fingerprint density at radius 3 is 2.69 bits per heavy atom. The first-order valence-corrected chi connectivity index (χ1v) is 14.8. The predicted molar refractivity (Wildman–Crippen MR) is 159 cm³/mol. The van der Waals surface area contributed by atoms with Gasteiger partial charge in [-0.2, -0.15) is 0 Å². The fourth-order valence-corrected chi connectivity index (χ4v) is 6.36. The minimum absolute atomic E-state index is 0.00609. The average Bonchev–Trinajstić information content (AvgIpc) is 3.62. The predicted octanol–water partition coefficient (Wildman–Crippen LogP) is 2.30. The average molecular weight is 579 g/mol. The highest BCUT2D eigenvalue weighted by Crippen LogP contribution is 2.38. The normalized spacial score (nSPS) is 27.2. The molecule has 0 bridgehead atoms. The number of imidazole rings is 2. The van der Waals surface area contributed by atoms with Gasteiger partial charge in [-0.3, -0.25) is 9.47 Å². The second kappa shape index (κ2) is 11.2. The van der Waals surface area contributed by atoms with Crippen molar-refractivity contribution in [2.24, 2.45) is 5.92 Å². The first-order chi connectivity index (χ1) is 20.0. The molecule has 0 radical (unpaired) electrons. The van der Waals surface area contributed by atoms with Crippen LogP contribution in [0.5, 0.6) is 0 Å². The highest BCUT2D eigenvalue weighted by Gasteiger charge is 2.47. The number of aromatic amines is 1. The smallest absolute Gasteiger partial charge is 0.167 e. The van der Waals surface area contributed by atoms with Crippen LogP contribution in [0.1, 0.15) is 64.6 Å². The molecule has 12 nitrogen and oxygen atoms in total. The number of fused-ring (bicyclic) bond motifs is 2. The van der Waals surface area contributed by atoms with Gasteiger partial charge in [0.25, 0.3) is 0 Å². The van der Waals surface area contributed by atoms with E-state index in [0.29, 0.717) is 23.6 Å². The molecule has 12 heteroatoms. The van der Waals surface area contributed by atoms with Gasteiger partial charge in [0.05, 0.1) is 24.0 Å². The van der Waals surface area contributed by atoms with E-state index in [4.69, 9.17) is 15.5 Å². The van der Waals surface area contributed by atoms with E-state index in [1.807, 2.05) is 6.92 Å². The molecule has 1 saturated heterocycles. The summed E-state index contributed by atoms with van der Waals surface area (Å²) in [6, 6.07) is 6.61. The van der Waals surface area contributed by atoms with Crippen LogP contribution in [-0.4, -0.2) is 93.3 Å². The van der Waals surface area contributed by atoms with Crippen LogP contribution in [0.3, 0.4) is 0 Å². The van der Waals surface area contributed by atoms with E-state index in [9.17, 15) is 15.3 Å². The Morgan fingerprint density at radius 1 is 1.17 bits per heavy atom. The maximum Gasteiger partial charge on any atom is 0.167 e. The number of benzene rings is 1. The van der Waals surface area contributed by atoms with E-state index < -0.39 is 24.5 Å². The summed E-state index contributed by atoms with van der Waals surface area (Å²) in [5.41, 5.74) is 10.2. The number of ether oxygens (including phenoxy) is 1. The number of H-pyrrole nitrogens is 1. The summed E-state index contributed by atoms with van der Waals surface area (Å²) >= 11 is 0. The molecule has 1 unspecified atom stereocenters. The van der Waals surface area contributed by atoms with Crippen LogP contribution in [0, 0.1) is 5.92 Å². The molecule has 1 aromatic carbocycles. The molecule has 4 heterocycles. The zero-order valence-corrected chi connectivity index (χ0v) is 24.7. The summed E-state index contributed by atoms with van der Waals surface area (Å²) in [5.74, 6) is 1.81. The number of aliphatic hydroxyl groups excluding tert-OH is 3.